The lowest BCUT2D eigenvalue weighted by molar-refractivity contribution is -0.142. The molecule has 0 bridgehead atoms. The molecule has 0 aromatic carbocycles. The van der Waals surface area contributed by atoms with Crippen molar-refractivity contribution in [1.29, 1.82) is 0 Å². The van der Waals surface area contributed by atoms with E-state index in [1.165, 1.54) is 14.0 Å². The fraction of sp³-hybridized carbons (Fsp3) is 0.733. The van der Waals surface area contributed by atoms with Gasteiger partial charge in [-0.2, -0.15) is 0 Å². The summed E-state index contributed by atoms with van der Waals surface area (Å²) in [5, 5.41) is 28.5. The third-order valence-electron chi connectivity index (χ3n) is 3.80. The minimum Gasteiger partial charge on any atom is -0.481 e. The zero-order valence-electron chi connectivity index (χ0n) is 14.9. The van der Waals surface area contributed by atoms with Crippen LogP contribution >= 0.6 is 12.2 Å². The number of hydrogen-bond donors (Lipinski definition) is 6. The van der Waals surface area contributed by atoms with Gasteiger partial charge in [0, 0.05) is 20.0 Å². The highest BCUT2D eigenvalue weighted by Crippen LogP contribution is 2.15. The van der Waals surface area contributed by atoms with Crippen molar-refractivity contribution in [1.82, 2.24) is 10.4 Å². The first-order chi connectivity index (χ1) is 12.0. The third-order valence-corrected chi connectivity index (χ3v) is 4.14. The normalized spacial score (nSPS) is 15.6. The second-order valence-corrected chi connectivity index (χ2v) is 6.80. The Kier molecular flexibility index (Phi) is 11.1. The van der Waals surface area contributed by atoms with Crippen molar-refractivity contribution >= 4 is 34.9 Å². The first-order valence-corrected chi connectivity index (χ1v) is 8.48. The second-order valence-electron chi connectivity index (χ2n) is 6.23. The lowest BCUT2D eigenvalue weighted by Crippen LogP contribution is -2.53. The van der Waals surface area contributed by atoms with E-state index in [1.807, 2.05) is 0 Å². The Hall–Kier alpha value is -1.66. The van der Waals surface area contributed by atoms with Gasteiger partial charge in [0.05, 0.1) is 18.6 Å². The van der Waals surface area contributed by atoms with E-state index >= 15 is 0 Å². The summed E-state index contributed by atoms with van der Waals surface area (Å²) in [4.78, 5) is 34.5. The highest BCUT2D eigenvalue weighted by molar-refractivity contribution is 7.80. The van der Waals surface area contributed by atoms with E-state index in [4.69, 9.17) is 33.9 Å². The maximum absolute atomic E-state index is 12.0. The molecule has 26 heavy (non-hydrogen) atoms. The molecular weight excluding hydrogens is 364 g/mol. The number of thiocarbonyl (C=S) groups is 1. The zero-order chi connectivity index (χ0) is 20.4. The fourth-order valence-electron chi connectivity index (χ4n) is 2.19. The predicted octanol–water partition coefficient (Wildman–Crippen LogP) is -2.01. The van der Waals surface area contributed by atoms with Crippen molar-refractivity contribution in [2.75, 3.05) is 20.2 Å². The average Bonchev–Trinajstić information content (AvgIpc) is 2.54. The molecule has 0 saturated heterocycles. The number of hydrogen-bond acceptors (Lipinski definition) is 8. The topological polar surface area (TPSA) is 179 Å². The minimum atomic E-state index is -1.16. The summed E-state index contributed by atoms with van der Waals surface area (Å²) in [6.07, 6.45) is -0.821. The first kappa shape index (κ1) is 24.3. The van der Waals surface area contributed by atoms with Gasteiger partial charge in [0.1, 0.15) is 6.04 Å². The van der Waals surface area contributed by atoms with Crippen LogP contribution in [0.5, 0.6) is 0 Å². The number of likely N-dealkylation sites (N-methyl/N-ethyl adjacent to an activating group) is 1. The van der Waals surface area contributed by atoms with Crippen LogP contribution in [0.4, 0.5) is 0 Å². The minimum absolute atomic E-state index is 0.00189. The Morgan fingerprint density at radius 3 is 2.23 bits per heavy atom. The Morgan fingerprint density at radius 1 is 1.23 bits per heavy atom. The number of hydrazine groups is 1. The number of aliphatic hydroxyl groups excluding tert-OH is 2. The van der Waals surface area contributed by atoms with Crippen LogP contribution in [0, 0.1) is 11.8 Å². The largest absolute Gasteiger partial charge is 0.481 e. The molecule has 10 nitrogen and oxygen atoms in total. The predicted molar refractivity (Wildman–Crippen MR) is 97.8 cm³/mol. The van der Waals surface area contributed by atoms with Crippen molar-refractivity contribution in [2.24, 2.45) is 23.3 Å². The van der Waals surface area contributed by atoms with Crippen LogP contribution in [0.1, 0.15) is 26.2 Å². The van der Waals surface area contributed by atoms with E-state index in [0.29, 0.717) is 4.86 Å². The molecule has 0 saturated carbocycles. The van der Waals surface area contributed by atoms with Crippen LogP contribution in [0.15, 0.2) is 0 Å². The zero-order valence-corrected chi connectivity index (χ0v) is 15.7. The molecule has 0 aromatic rings. The lowest BCUT2D eigenvalue weighted by atomic mass is 9.94. The number of aliphatic hydroxyl groups is 2. The molecule has 0 fully saturated rings. The lowest BCUT2D eigenvalue weighted by Gasteiger charge is -2.26. The number of nitrogens with two attached hydrogens (primary N) is 2. The van der Waals surface area contributed by atoms with Crippen molar-refractivity contribution in [3.8, 4) is 0 Å². The number of carbonyl (C=O) groups excluding carboxylic acids is 2. The van der Waals surface area contributed by atoms with Crippen LogP contribution in [0.3, 0.4) is 0 Å². The average molecular weight is 392 g/mol. The van der Waals surface area contributed by atoms with Gasteiger partial charge in [-0.3, -0.25) is 19.4 Å². The van der Waals surface area contributed by atoms with Gasteiger partial charge in [0.25, 0.3) is 5.91 Å². The van der Waals surface area contributed by atoms with Gasteiger partial charge in [0.15, 0.2) is 0 Å². The summed E-state index contributed by atoms with van der Waals surface area (Å²) in [6, 6.07) is -1.09. The van der Waals surface area contributed by atoms with E-state index in [-0.39, 0.29) is 31.7 Å². The molecule has 0 aliphatic rings. The molecular formula is C15H28N4O6S. The van der Waals surface area contributed by atoms with Gasteiger partial charge in [-0.1, -0.05) is 12.2 Å². The Balaban J connectivity index is 4.75. The fourth-order valence-corrected chi connectivity index (χ4v) is 2.62. The summed E-state index contributed by atoms with van der Waals surface area (Å²) < 4.78 is 0. The maximum Gasteiger partial charge on any atom is 0.309 e. The van der Waals surface area contributed by atoms with Crippen LogP contribution in [-0.2, 0) is 14.4 Å². The van der Waals surface area contributed by atoms with Crippen molar-refractivity contribution in [2.45, 2.75) is 38.3 Å². The van der Waals surface area contributed by atoms with Crippen molar-refractivity contribution in [3.05, 3.63) is 0 Å². The number of carbonyl (C=O) groups is 3. The van der Waals surface area contributed by atoms with Gasteiger partial charge in [-0.15, -0.1) is 0 Å². The monoisotopic (exact) mass is 392 g/mol. The summed E-state index contributed by atoms with van der Waals surface area (Å²) in [5.74, 6) is -3.63. The van der Waals surface area contributed by atoms with E-state index < -0.39 is 42.5 Å². The van der Waals surface area contributed by atoms with Gasteiger partial charge in [0.2, 0.25) is 5.91 Å². The van der Waals surface area contributed by atoms with E-state index in [9.17, 15) is 19.5 Å². The van der Waals surface area contributed by atoms with Gasteiger partial charge < -0.3 is 26.8 Å². The molecule has 0 spiro atoms. The highest BCUT2D eigenvalue weighted by atomic mass is 32.1. The van der Waals surface area contributed by atoms with Crippen LogP contribution < -0.4 is 16.9 Å². The second kappa shape index (κ2) is 11.9. The SMILES string of the molecule is CC(O)[C@@H](N)C(=O)N(C)NC[C@@H](CC(N)=O)CC(=S)C[C@H](CO)C(=O)O. The summed E-state index contributed by atoms with van der Waals surface area (Å²) in [5.41, 5.74) is 13.6. The third kappa shape index (κ3) is 9.15. The Bertz CT molecular complexity index is 516. The number of aliphatic carboxylic acids is 1. The number of carboxylic acids is 1. The molecule has 0 radical (unpaired) electrons. The van der Waals surface area contributed by atoms with E-state index in [0.717, 1.165) is 5.01 Å². The highest BCUT2D eigenvalue weighted by Gasteiger charge is 2.24. The van der Waals surface area contributed by atoms with Crippen molar-refractivity contribution in [3.63, 3.8) is 0 Å². The Morgan fingerprint density at radius 2 is 1.81 bits per heavy atom. The number of nitrogens with zero attached hydrogens (tertiary/aromatic N) is 1. The summed E-state index contributed by atoms with van der Waals surface area (Å²) in [7, 11) is 1.43. The summed E-state index contributed by atoms with van der Waals surface area (Å²) >= 11 is 5.16. The first-order valence-electron chi connectivity index (χ1n) is 8.07. The number of rotatable bonds is 13. The smallest absolute Gasteiger partial charge is 0.309 e. The van der Waals surface area contributed by atoms with Crippen LogP contribution in [-0.4, -0.2) is 75.3 Å². The van der Waals surface area contributed by atoms with Gasteiger partial charge >= 0.3 is 5.97 Å². The summed E-state index contributed by atoms with van der Waals surface area (Å²) in [6.45, 7) is 1.02. The maximum atomic E-state index is 12.0. The molecule has 8 N–H and O–H groups in total. The molecule has 0 heterocycles. The van der Waals surface area contributed by atoms with E-state index in [1.54, 1.807) is 0 Å². The van der Waals surface area contributed by atoms with Gasteiger partial charge in [-0.25, -0.2) is 5.43 Å². The molecule has 0 rings (SSSR count). The molecule has 11 heteroatoms. The number of carboxylic acid groups (broad SMARTS) is 1. The molecule has 4 atom stereocenters. The molecule has 0 aromatic heterocycles. The molecule has 1 unspecified atom stereocenters. The number of amides is 2. The van der Waals surface area contributed by atoms with Gasteiger partial charge in [-0.05, 0) is 30.5 Å². The molecule has 150 valence electrons. The van der Waals surface area contributed by atoms with Crippen molar-refractivity contribution < 1.29 is 29.7 Å². The standard InChI is InChI=1S/C15H28N4O6S/c1-8(21)13(17)14(23)19(2)18-6-9(4-12(16)22)3-11(26)5-10(7-20)15(24)25/h8-10,13,18,20-21H,3-7,17H2,1-2H3,(H2,16,22)(H,24,25)/t8?,9-,10-,13-/m1/s1. The number of primary amides is 1. The molecule has 2 amide bonds. The molecule has 0 aliphatic carbocycles. The van der Waals surface area contributed by atoms with Crippen LogP contribution in [0.25, 0.3) is 0 Å². The number of nitrogens with one attached hydrogen (secondary N) is 1. The quantitative estimate of drug-likeness (QED) is 0.152. The van der Waals surface area contributed by atoms with Crippen LogP contribution in [0.2, 0.25) is 0 Å². The molecule has 0 aliphatic heterocycles. The van der Waals surface area contributed by atoms with E-state index in [2.05, 4.69) is 5.43 Å². The Labute approximate surface area is 157 Å².